The Morgan fingerprint density at radius 3 is 2.68 bits per heavy atom. The molecule has 0 aromatic carbocycles. The van der Waals surface area contributed by atoms with Crippen LogP contribution < -0.4 is 10.6 Å². The van der Waals surface area contributed by atoms with Crippen molar-refractivity contribution < 1.29 is 18.0 Å². The molecule has 0 radical (unpaired) electrons. The van der Waals surface area contributed by atoms with Crippen molar-refractivity contribution in [3.63, 3.8) is 0 Å². The lowest BCUT2D eigenvalue weighted by Gasteiger charge is -2.15. The minimum atomic E-state index is -4.45. The molecule has 1 aliphatic heterocycles. The number of pyridine rings is 1. The van der Waals surface area contributed by atoms with E-state index in [0.717, 1.165) is 37.3 Å². The molecule has 2 aromatic rings. The van der Waals surface area contributed by atoms with Crippen LogP contribution in [-0.4, -0.2) is 40.3 Å². The average molecular weight is 393 g/mol. The lowest BCUT2D eigenvalue weighted by atomic mass is 10.0. The number of nitrogens with zero attached hydrogens (tertiary/aromatic N) is 3. The van der Waals surface area contributed by atoms with E-state index in [-0.39, 0.29) is 17.6 Å². The molecule has 0 fully saturated rings. The Balaban J connectivity index is 1.83. The van der Waals surface area contributed by atoms with Crippen molar-refractivity contribution in [3.8, 4) is 5.82 Å². The van der Waals surface area contributed by atoms with E-state index in [1.165, 1.54) is 16.9 Å². The average Bonchev–Trinajstić information content (AvgIpc) is 3.12. The molecule has 3 rings (SSSR count). The molecule has 0 saturated heterocycles. The summed E-state index contributed by atoms with van der Waals surface area (Å²) in [6, 6.07) is 2.21. The third-order valence-corrected chi connectivity index (χ3v) is 4.52. The van der Waals surface area contributed by atoms with Crippen LogP contribution in [-0.2, 0) is 6.18 Å². The number of hydrogen-bond acceptors (Lipinski definition) is 4. The lowest BCUT2D eigenvalue weighted by Crippen LogP contribution is -2.30. The molecule has 0 spiro atoms. The van der Waals surface area contributed by atoms with Gasteiger partial charge in [-0.15, -0.1) is 0 Å². The number of hydrogen-bond donors (Lipinski definition) is 2. The largest absolute Gasteiger partial charge is 0.417 e. The molecule has 0 atom stereocenters. The number of carbonyl (C=O) groups is 1. The number of halogens is 3. The van der Waals surface area contributed by atoms with Crippen molar-refractivity contribution in [2.45, 2.75) is 32.4 Å². The first-order valence-corrected chi connectivity index (χ1v) is 9.05. The summed E-state index contributed by atoms with van der Waals surface area (Å²) in [5.41, 5.74) is 1.33. The second kappa shape index (κ2) is 8.14. The normalized spacial score (nSPS) is 14.9. The van der Waals surface area contributed by atoms with E-state index in [1.54, 1.807) is 0 Å². The third-order valence-electron chi connectivity index (χ3n) is 4.52. The fourth-order valence-electron chi connectivity index (χ4n) is 3.07. The number of alkyl halides is 3. The molecule has 0 saturated carbocycles. The molecule has 0 aliphatic carbocycles. The van der Waals surface area contributed by atoms with Crippen LogP contribution in [0.4, 0.5) is 13.2 Å². The highest BCUT2D eigenvalue weighted by Gasteiger charge is 2.31. The van der Waals surface area contributed by atoms with Gasteiger partial charge < -0.3 is 10.6 Å². The van der Waals surface area contributed by atoms with Gasteiger partial charge in [-0.05, 0) is 31.0 Å². The van der Waals surface area contributed by atoms with Crippen LogP contribution in [0.15, 0.2) is 36.2 Å². The van der Waals surface area contributed by atoms with Crippen molar-refractivity contribution in [3.05, 3.63) is 53.0 Å². The maximum Gasteiger partial charge on any atom is 0.417 e. The summed E-state index contributed by atoms with van der Waals surface area (Å²) in [5.74, 6) is -0.108. The standard InChI is InChI=1S/C19H22F3N5O/c1-12(2)17-15(18(28)25-9-13-5-7-23-8-6-13)11-26-27(17)16-4-3-14(10-24-16)19(20,21)22/h3-5,10-12,23H,6-9H2,1-2H3,(H,25,28). The van der Waals surface area contributed by atoms with Crippen LogP contribution in [0.3, 0.4) is 0 Å². The van der Waals surface area contributed by atoms with Gasteiger partial charge in [0.05, 0.1) is 23.0 Å². The van der Waals surface area contributed by atoms with Gasteiger partial charge in [0.2, 0.25) is 0 Å². The molecule has 28 heavy (non-hydrogen) atoms. The molecular weight excluding hydrogens is 371 g/mol. The van der Waals surface area contributed by atoms with Crippen LogP contribution in [0.5, 0.6) is 0 Å². The molecule has 9 heteroatoms. The van der Waals surface area contributed by atoms with E-state index in [0.29, 0.717) is 17.8 Å². The predicted octanol–water partition coefficient (Wildman–Crippen LogP) is 3.06. The van der Waals surface area contributed by atoms with Crippen molar-refractivity contribution >= 4 is 5.91 Å². The van der Waals surface area contributed by atoms with E-state index >= 15 is 0 Å². The topological polar surface area (TPSA) is 71.8 Å². The molecular formula is C19H22F3N5O. The van der Waals surface area contributed by atoms with Gasteiger partial charge >= 0.3 is 6.18 Å². The summed E-state index contributed by atoms with van der Waals surface area (Å²) in [6.07, 6.45) is 0.685. The van der Waals surface area contributed by atoms with Crippen LogP contribution in [0, 0.1) is 0 Å². The van der Waals surface area contributed by atoms with Gasteiger partial charge in [-0.2, -0.15) is 18.3 Å². The minimum Gasteiger partial charge on any atom is -0.348 e. The maximum absolute atomic E-state index is 12.8. The van der Waals surface area contributed by atoms with E-state index in [9.17, 15) is 18.0 Å². The fourth-order valence-corrected chi connectivity index (χ4v) is 3.07. The maximum atomic E-state index is 12.8. The number of carbonyl (C=O) groups excluding carboxylic acids is 1. The van der Waals surface area contributed by atoms with Crippen molar-refractivity contribution in [1.82, 2.24) is 25.4 Å². The summed E-state index contributed by atoms with van der Waals surface area (Å²) >= 11 is 0. The summed E-state index contributed by atoms with van der Waals surface area (Å²) in [4.78, 5) is 16.5. The molecule has 0 bridgehead atoms. The van der Waals surface area contributed by atoms with Gasteiger partial charge in [-0.1, -0.05) is 25.5 Å². The first kappa shape index (κ1) is 20.1. The predicted molar refractivity (Wildman–Crippen MR) is 98.4 cm³/mol. The quantitative estimate of drug-likeness (QED) is 0.766. The molecule has 2 aromatic heterocycles. The first-order valence-electron chi connectivity index (χ1n) is 9.05. The summed E-state index contributed by atoms with van der Waals surface area (Å²) in [7, 11) is 0. The van der Waals surface area contributed by atoms with Crippen LogP contribution >= 0.6 is 0 Å². The summed E-state index contributed by atoms with van der Waals surface area (Å²) in [5, 5.41) is 10.3. The zero-order valence-electron chi connectivity index (χ0n) is 15.7. The minimum absolute atomic E-state index is 0.0783. The highest BCUT2D eigenvalue weighted by molar-refractivity contribution is 5.95. The molecule has 6 nitrogen and oxygen atoms in total. The highest BCUT2D eigenvalue weighted by Crippen LogP contribution is 2.29. The Morgan fingerprint density at radius 1 is 1.32 bits per heavy atom. The smallest absolute Gasteiger partial charge is 0.348 e. The Morgan fingerprint density at radius 2 is 2.11 bits per heavy atom. The zero-order chi connectivity index (χ0) is 20.3. The third kappa shape index (κ3) is 4.41. The van der Waals surface area contributed by atoms with Crippen LogP contribution in [0.1, 0.15) is 47.8 Å². The lowest BCUT2D eigenvalue weighted by molar-refractivity contribution is -0.137. The highest BCUT2D eigenvalue weighted by atomic mass is 19.4. The van der Waals surface area contributed by atoms with Gasteiger partial charge in [0.15, 0.2) is 5.82 Å². The van der Waals surface area contributed by atoms with Crippen LogP contribution in [0.2, 0.25) is 0 Å². The SMILES string of the molecule is CC(C)c1c(C(=O)NCC2=CCNCC2)cnn1-c1ccc(C(F)(F)F)cn1. The second-order valence-corrected chi connectivity index (χ2v) is 6.91. The molecule has 2 N–H and O–H groups in total. The zero-order valence-corrected chi connectivity index (χ0v) is 15.7. The number of nitrogens with one attached hydrogen (secondary N) is 2. The Kier molecular flexibility index (Phi) is 5.83. The summed E-state index contributed by atoms with van der Waals surface area (Å²) in [6.45, 7) is 5.92. The van der Waals surface area contributed by atoms with Gasteiger partial charge in [0.1, 0.15) is 0 Å². The molecule has 0 unspecified atom stereocenters. The van der Waals surface area contributed by atoms with E-state index in [1.807, 2.05) is 13.8 Å². The second-order valence-electron chi connectivity index (χ2n) is 6.91. The van der Waals surface area contributed by atoms with E-state index in [2.05, 4.69) is 26.8 Å². The monoisotopic (exact) mass is 393 g/mol. The Labute approximate surface area is 160 Å². The van der Waals surface area contributed by atoms with Gasteiger partial charge in [0.25, 0.3) is 5.91 Å². The number of aromatic nitrogens is 3. The van der Waals surface area contributed by atoms with Gasteiger partial charge in [-0.25, -0.2) is 9.67 Å². The number of rotatable bonds is 5. The van der Waals surface area contributed by atoms with Crippen molar-refractivity contribution in [2.24, 2.45) is 0 Å². The van der Waals surface area contributed by atoms with E-state index in [4.69, 9.17) is 0 Å². The Bertz CT molecular complexity index is 869. The summed E-state index contributed by atoms with van der Waals surface area (Å²) < 4.78 is 39.7. The molecule has 3 heterocycles. The van der Waals surface area contributed by atoms with Crippen molar-refractivity contribution in [2.75, 3.05) is 19.6 Å². The Hall–Kier alpha value is -2.68. The first-order chi connectivity index (χ1) is 13.3. The van der Waals surface area contributed by atoms with Crippen molar-refractivity contribution in [1.29, 1.82) is 0 Å². The molecule has 1 amide bonds. The fraction of sp³-hybridized carbons (Fsp3) is 0.421. The molecule has 150 valence electrons. The molecule has 1 aliphatic rings. The number of amides is 1. The van der Waals surface area contributed by atoms with Gasteiger partial charge in [-0.3, -0.25) is 4.79 Å². The van der Waals surface area contributed by atoms with Gasteiger partial charge in [0, 0.05) is 19.3 Å². The van der Waals surface area contributed by atoms with E-state index < -0.39 is 11.7 Å². The van der Waals surface area contributed by atoms with Crippen LogP contribution in [0.25, 0.3) is 5.82 Å².